The highest BCUT2D eigenvalue weighted by atomic mass is 35.5. The Morgan fingerprint density at radius 1 is 1.18 bits per heavy atom. The smallest absolute Gasteiger partial charge is 0.251 e. The van der Waals surface area contributed by atoms with Gasteiger partial charge in [-0.05, 0) is 41.5 Å². The van der Waals surface area contributed by atoms with Crippen molar-refractivity contribution in [2.45, 2.75) is 12.3 Å². The fourth-order valence-corrected chi connectivity index (χ4v) is 3.69. The van der Waals surface area contributed by atoms with Crippen LogP contribution in [0.15, 0.2) is 70.7 Å². The molecule has 2 aromatic carbocycles. The number of amides is 1. The molecule has 0 fully saturated rings. The highest BCUT2D eigenvalue weighted by molar-refractivity contribution is 6.30. The molecule has 0 saturated heterocycles. The van der Waals surface area contributed by atoms with Crippen LogP contribution < -0.4 is 10.9 Å². The largest absolute Gasteiger partial charge is 0.411 e. The molecule has 0 aliphatic rings. The van der Waals surface area contributed by atoms with E-state index in [-0.39, 0.29) is 41.8 Å². The zero-order valence-electron chi connectivity index (χ0n) is 17.8. The number of aliphatic hydroxyl groups excluding tert-OH is 1. The maximum Gasteiger partial charge on any atom is 0.251 e. The minimum atomic E-state index is -0.629. The first-order valence-corrected chi connectivity index (χ1v) is 10.5. The Labute approximate surface area is 194 Å². The third kappa shape index (κ3) is 5.85. The molecule has 9 heteroatoms. The lowest BCUT2D eigenvalue weighted by molar-refractivity contribution is 0.0944. The van der Waals surface area contributed by atoms with E-state index in [1.807, 2.05) is 0 Å². The Bertz CT molecular complexity index is 1240. The Hall–Kier alpha value is -3.49. The second-order valence-corrected chi connectivity index (χ2v) is 7.88. The van der Waals surface area contributed by atoms with Crippen molar-refractivity contribution in [2.75, 3.05) is 13.2 Å². The number of carbonyl (C=O) groups excluding carboxylic acids is 1. The van der Waals surface area contributed by atoms with Gasteiger partial charge >= 0.3 is 0 Å². The zero-order chi connectivity index (χ0) is 24.0. The van der Waals surface area contributed by atoms with Crippen LogP contribution in [0, 0.1) is 5.82 Å². The summed E-state index contributed by atoms with van der Waals surface area (Å²) in [4.78, 5) is 24.1. The molecule has 3 N–H and O–H groups in total. The molecule has 1 aromatic heterocycles. The third-order valence-corrected chi connectivity index (χ3v) is 5.46. The Morgan fingerprint density at radius 3 is 2.64 bits per heavy atom. The number of aromatic nitrogens is 1. The van der Waals surface area contributed by atoms with Crippen molar-refractivity contribution in [3.05, 3.63) is 104 Å². The standard InChI is InChI=1S/C24H23ClFN3O4/c1-29-14-17(5-8-23(29)31)22(28-33)13-20(19-7-6-18(25)12-21(19)26)15-3-2-4-16(11-15)24(32)27-9-10-30/h2-8,11-12,14,20,30,33H,9-10,13H2,1H3,(H,27,32)/b28-22+. The summed E-state index contributed by atoms with van der Waals surface area (Å²) in [5.41, 5.74) is 1.76. The first-order chi connectivity index (χ1) is 15.8. The lowest BCUT2D eigenvalue weighted by atomic mass is 9.84. The summed E-state index contributed by atoms with van der Waals surface area (Å²) in [7, 11) is 1.58. The quantitative estimate of drug-likeness (QED) is 0.266. The van der Waals surface area contributed by atoms with Gasteiger partial charge in [0.15, 0.2) is 0 Å². The zero-order valence-corrected chi connectivity index (χ0v) is 18.6. The topological polar surface area (TPSA) is 104 Å². The normalized spacial score (nSPS) is 12.4. The maximum absolute atomic E-state index is 14.9. The van der Waals surface area contributed by atoms with Gasteiger partial charge in [0.25, 0.3) is 5.91 Å². The number of hydrogen-bond donors (Lipinski definition) is 3. The van der Waals surface area contributed by atoms with Gasteiger partial charge in [0, 0.05) is 54.3 Å². The highest BCUT2D eigenvalue weighted by Gasteiger charge is 2.23. The van der Waals surface area contributed by atoms with Crippen molar-refractivity contribution >= 4 is 23.2 Å². The fourth-order valence-electron chi connectivity index (χ4n) is 3.53. The van der Waals surface area contributed by atoms with Crippen molar-refractivity contribution in [2.24, 2.45) is 12.2 Å². The molecule has 1 heterocycles. The second-order valence-electron chi connectivity index (χ2n) is 7.44. The predicted octanol–water partition coefficient (Wildman–Crippen LogP) is 3.30. The Morgan fingerprint density at radius 2 is 1.97 bits per heavy atom. The number of hydrogen-bond acceptors (Lipinski definition) is 5. The number of benzene rings is 2. The van der Waals surface area contributed by atoms with Crippen LogP contribution in [0.2, 0.25) is 5.02 Å². The van der Waals surface area contributed by atoms with Crippen molar-refractivity contribution in [1.82, 2.24) is 9.88 Å². The van der Waals surface area contributed by atoms with Gasteiger partial charge in [0.05, 0.1) is 12.3 Å². The van der Waals surface area contributed by atoms with E-state index >= 15 is 0 Å². The molecule has 1 unspecified atom stereocenters. The molecular formula is C24H23ClFN3O4. The number of pyridine rings is 1. The van der Waals surface area contributed by atoms with Gasteiger partial charge in [0.2, 0.25) is 5.56 Å². The molecular weight excluding hydrogens is 449 g/mol. The van der Waals surface area contributed by atoms with Crippen LogP contribution in [-0.4, -0.2) is 39.7 Å². The minimum Gasteiger partial charge on any atom is -0.411 e. The highest BCUT2D eigenvalue weighted by Crippen LogP contribution is 2.33. The molecule has 3 aromatic rings. The summed E-state index contributed by atoms with van der Waals surface area (Å²) in [5, 5.41) is 24.9. The average molecular weight is 472 g/mol. The van der Waals surface area contributed by atoms with Crippen LogP contribution in [-0.2, 0) is 7.05 Å². The van der Waals surface area contributed by atoms with Crippen LogP contribution in [0.5, 0.6) is 0 Å². The van der Waals surface area contributed by atoms with Gasteiger partial charge in [-0.25, -0.2) is 4.39 Å². The molecule has 0 radical (unpaired) electrons. The van der Waals surface area contributed by atoms with E-state index < -0.39 is 11.7 Å². The van der Waals surface area contributed by atoms with Gasteiger partial charge in [0.1, 0.15) is 5.82 Å². The molecule has 1 atom stereocenters. The monoisotopic (exact) mass is 471 g/mol. The number of aliphatic hydroxyl groups is 1. The van der Waals surface area contributed by atoms with Crippen LogP contribution >= 0.6 is 11.6 Å². The number of oxime groups is 1. The summed E-state index contributed by atoms with van der Waals surface area (Å²) in [6.07, 6.45) is 1.61. The number of nitrogens with zero attached hydrogens (tertiary/aromatic N) is 2. The van der Waals surface area contributed by atoms with Gasteiger partial charge in [-0.1, -0.05) is 35.0 Å². The SMILES string of the molecule is Cn1cc(/C(CC(c2cccc(C(=O)NCCO)c2)c2ccc(Cl)cc2F)=N/O)ccc1=O. The average Bonchev–Trinajstić information content (AvgIpc) is 2.81. The number of carbonyl (C=O) groups is 1. The maximum atomic E-state index is 14.9. The van der Waals surface area contributed by atoms with Gasteiger partial charge < -0.3 is 20.2 Å². The summed E-state index contributed by atoms with van der Waals surface area (Å²) in [5.74, 6) is -1.55. The van der Waals surface area contributed by atoms with Crippen molar-refractivity contribution in [1.29, 1.82) is 0 Å². The molecule has 0 bridgehead atoms. The van der Waals surface area contributed by atoms with E-state index in [0.29, 0.717) is 22.3 Å². The molecule has 0 saturated carbocycles. The van der Waals surface area contributed by atoms with E-state index in [1.165, 1.54) is 29.0 Å². The van der Waals surface area contributed by atoms with E-state index in [9.17, 15) is 19.2 Å². The van der Waals surface area contributed by atoms with Crippen LogP contribution in [0.3, 0.4) is 0 Å². The Kier molecular flexibility index (Phi) is 7.97. The number of rotatable bonds is 8. The minimum absolute atomic E-state index is 0.0783. The van der Waals surface area contributed by atoms with E-state index in [4.69, 9.17) is 16.7 Å². The van der Waals surface area contributed by atoms with E-state index in [1.54, 1.807) is 43.4 Å². The van der Waals surface area contributed by atoms with Crippen LogP contribution in [0.1, 0.15) is 39.4 Å². The molecule has 0 aliphatic heterocycles. The summed E-state index contributed by atoms with van der Waals surface area (Å²) in [6.45, 7) is -0.0910. The first-order valence-electron chi connectivity index (χ1n) is 10.2. The predicted molar refractivity (Wildman–Crippen MR) is 124 cm³/mol. The number of aryl methyl sites for hydroxylation is 1. The molecule has 3 rings (SSSR count). The molecule has 172 valence electrons. The second kappa shape index (κ2) is 10.9. The Balaban J connectivity index is 2.06. The van der Waals surface area contributed by atoms with Crippen molar-refractivity contribution in [3.8, 4) is 0 Å². The van der Waals surface area contributed by atoms with Crippen molar-refractivity contribution < 1.29 is 19.5 Å². The van der Waals surface area contributed by atoms with E-state index in [2.05, 4.69) is 10.5 Å². The lowest BCUT2D eigenvalue weighted by Crippen LogP contribution is -2.26. The van der Waals surface area contributed by atoms with Crippen LogP contribution in [0.25, 0.3) is 0 Å². The number of halogens is 2. The van der Waals surface area contributed by atoms with Gasteiger partial charge in [-0.3, -0.25) is 9.59 Å². The molecule has 33 heavy (non-hydrogen) atoms. The van der Waals surface area contributed by atoms with Gasteiger partial charge in [-0.2, -0.15) is 0 Å². The molecule has 0 spiro atoms. The summed E-state index contributed by atoms with van der Waals surface area (Å²) >= 11 is 5.93. The van der Waals surface area contributed by atoms with Crippen LogP contribution in [0.4, 0.5) is 4.39 Å². The molecule has 1 amide bonds. The molecule has 0 aliphatic carbocycles. The lowest BCUT2D eigenvalue weighted by Gasteiger charge is -2.20. The summed E-state index contributed by atoms with van der Waals surface area (Å²) < 4.78 is 16.3. The number of nitrogens with one attached hydrogen (secondary N) is 1. The summed E-state index contributed by atoms with van der Waals surface area (Å²) in [6, 6.07) is 13.9. The first kappa shape index (κ1) is 24.2. The van der Waals surface area contributed by atoms with Crippen molar-refractivity contribution in [3.63, 3.8) is 0 Å². The fraction of sp³-hybridized carbons (Fsp3) is 0.208. The van der Waals surface area contributed by atoms with Gasteiger partial charge in [-0.15, -0.1) is 0 Å². The third-order valence-electron chi connectivity index (χ3n) is 5.22. The molecule has 7 nitrogen and oxygen atoms in total. The van der Waals surface area contributed by atoms with E-state index in [0.717, 1.165) is 0 Å².